The van der Waals surface area contributed by atoms with E-state index >= 15 is 0 Å². The number of rotatable bonds is 9. The van der Waals surface area contributed by atoms with Gasteiger partial charge in [0.2, 0.25) is 11.8 Å². The third-order valence-corrected chi connectivity index (χ3v) is 9.63. The van der Waals surface area contributed by atoms with Gasteiger partial charge in [-0.2, -0.15) is 4.68 Å². The number of fused-ring (bicyclic) bond motifs is 4. The summed E-state index contributed by atoms with van der Waals surface area (Å²) in [5.74, 6) is -0.261. The molecule has 52 heavy (non-hydrogen) atoms. The zero-order chi connectivity index (χ0) is 36.4. The molecule has 2 bridgehead atoms. The van der Waals surface area contributed by atoms with Crippen molar-refractivity contribution in [2.75, 3.05) is 25.5 Å². The number of nitrogens with one attached hydrogen (secondary N) is 3. The van der Waals surface area contributed by atoms with E-state index in [4.69, 9.17) is 28.2 Å². The lowest BCUT2D eigenvalue weighted by molar-refractivity contribution is -0.134. The summed E-state index contributed by atoms with van der Waals surface area (Å²) in [6.07, 6.45) is 4.50. The Morgan fingerprint density at radius 3 is 2.67 bits per heavy atom. The number of H-pyrrole nitrogens is 1. The highest BCUT2D eigenvalue weighted by molar-refractivity contribution is 6.32. The van der Waals surface area contributed by atoms with Crippen LogP contribution in [-0.4, -0.2) is 77.7 Å². The predicted molar refractivity (Wildman–Crippen MR) is 192 cm³/mol. The van der Waals surface area contributed by atoms with Gasteiger partial charge in [-0.3, -0.25) is 19.7 Å². The number of tetrazole rings is 1. The van der Waals surface area contributed by atoms with Crippen LogP contribution in [0.2, 0.25) is 10.2 Å². The summed E-state index contributed by atoms with van der Waals surface area (Å²) in [5, 5.41) is 17.5. The average Bonchev–Trinajstić information content (AvgIpc) is 3.81. The largest absolute Gasteiger partial charge is 0.453 e. The molecule has 17 heteroatoms. The van der Waals surface area contributed by atoms with Crippen molar-refractivity contribution in [3.05, 3.63) is 111 Å². The van der Waals surface area contributed by atoms with Crippen molar-refractivity contribution in [3.8, 4) is 16.9 Å². The quantitative estimate of drug-likeness (QED) is 0.182. The summed E-state index contributed by atoms with van der Waals surface area (Å²) < 4.78 is 7.91. The Bertz CT molecular complexity index is 2220. The topological polar surface area (TPSA) is 182 Å². The van der Waals surface area contributed by atoms with Gasteiger partial charge >= 0.3 is 6.09 Å². The molecule has 3 aromatic heterocycles. The Kier molecular flexibility index (Phi) is 9.87. The number of halogens is 2. The zero-order valence-corrected chi connectivity index (χ0v) is 29.2. The Balaban J connectivity index is 1.15. The van der Waals surface area contributed by atoms with Crippen LogP contribution in [0.3, 0.4) is 0 Å². The average molecular weight is 744 g/mol. The van der Waals surface area contributed by atoms with E-state index in [9.17, 15) is 19.2 Å². The Hall–Kier alpha value is -5.80. The van der Waals surface area contributed by atoms with Gasteiger partial charge in [-0.05, 0) is 65.2 Å². The minimum atomic E-state index is -0.897. The summed E-state index contributed by atoms with van der Waals surface area (Å²) >= 11 is 12.9. The second-order valence-electron chi connectivity index (χ2n) is 12.5. The number of hydrogen-bond acceptors (Lipinski definition) is 9. The molecule has 5 aromatic rings. The SMILES string of the molecule is COC(=O)Nc1ccc(-c2nc(C(CC(=O)N3CC4C[C@@H](C3)c3cccc(=O)n3C4)NC(=O)/C=C/c3cc(Cl)ccc3-n3cnnn3)[nH]c2Cl)cc1. The number of piperidine rings is 1. The van der Waals surface area contributed by atoms with Crippen molar-refractivity contribution in [1.29, 1.82) is 0 Å². The van der Waals surface area contributed by atoms with Crippen molar-refractivity contribution in [3.63, 3.8) is 0 Å². The molecular formula is C35H32Cl2N10O5. The van der Waals surface area contributed by atoms with E-state index in [-0.39, 0.29) is 40.7 Å². The molecule has 2 aliphatic heterocycles. The number of nitrogens with zero attached hydrogens (tertiary/aromatic N) is 7. The van der Waals surface area contributed by atoms with Gasteiger partial charge in [0.05, 0.1) is 25.3 Å². The fourth-order valence-corrected chi connectivity index (χ4v) is 7.18. The molecule has 266 valence electrons. The number of aromatic amines is 1. The maximum Gasteiger partial charge on any atom is 0.411 e. The first kappa shape index (κ1) is 34.6. The van der Waals surface area contributed by atoms with Gasteiger partial charge in [-0.15, -0.1) is 5.10 Å². The van der Waals surface area contributed by atoms with Gasteiger partial charge in [0.15, 0.2) is 0 Å². The van der Waals surface area contributed by atoms with Gasteiger partial charge in [0.25, 0.3) is 5.56 Å². The Labute approximate surface area is 306 Å². The van der Waals surface area contributed by atoms with Crippen LogP contribution in [-0.2, 0) is 20.9 Å². The van der Waals surface area contributed by atoms with E-state index in [2.05, 4.69) is 35.9 Å². The molecule has 0 saturated carbocycles. The monoisotopic (exact) mass is 742 g/mol. The normalized spacial score (nSPS) is 17.0. The summed E-state index contributed by atoms with van der Waals surface area (Å²) in [6, 6.07) is 16.2. The van der Waals surface area contributed by atoms with Crippen LogP contribution in [0.5, 0.6) is 0 Å². The second-order valence-corrected chi connectivity index (χ2v) is 13.3. The van der Waals surface area contributed by atoms with Crippen molar-refractivity contribution in [2.45, 2.75) is 31.3 Å². The summed E-state index contributed by atoms with van der Waals surface area (Å²) in [7, 11) is 1.27. The molecule has 0 aliphatic carbocycles. The molecule has 3 atom stereocenters. The van der Waals surface area contributed by atoms with Crippen molar-refractivity contribution >= 4 is 52.9 Å². The van der Waals surface area contributed by atoms with Gasteiger partial charge in [-0.25, -0.2) is 9.78 Å². The van der Waals surface area contributed by atoms with Crippen LogP contribution in [0, 0.1) is 5.92 Å². The number of amides is 3. The van der Waals surface area contributed by atoms with E-state index in [1.165, 1.54) is 24.2 Å². The number of aromatic nitrogens is 7. The van der Waals surface area contributed by atoms with Crippen molar-refractivity contribution in [1.82, 2.24) is 45.0 Å². The minimum absolute atomic E-state index is 0.0229. The molecule has 2 aromatic carbocycles. The van der Waals surface area contributed by atoms with Crippen LogP contribution in [0.1, 0.15) is 41.9 Å². The number of carbonyl (C=O) groups excluding carboxylic acids is 3. The standard InChI is InChI=1S/C35H32Cl2N10O5/c1-52-35(51)39-25-9-5-21(6-10-25)32-33(37)42-34(41-32)26(40-29(48)12-7-22-14-24(36)8-11-28(22)47-19-38-43-44-47)15-31(50)45-16-20-13-23(18-45)27-3-2-4-30(49)46(27)17-20/h2-12,14,19-20,23,26H,13,15-18H2,1H3,(H,39,51)(H,40,48)(H,41,42)/b12-7+/t20?,23-,26?/m0/s1. The first-order chi connectivity index (χ1) is 25.1. The predicted octanol–water partition coefficient (Wildman–Crippen LogP) is 4.61. The maximum atomic E-state index is 14.0. The number of likely N-dealkylation sites (tertiary alicyclic amines) is 1. The van der Waals surface area contributed by atoms with Gasteiger partial charge < -0.3 is 24.5 Å². The molecular weight excluding hydrogens is 711 g/mol. The van der Waals surface area contributed by atoms with Gasteiger partial charge in [0, 0.05) is 65.2 Å². The molecule has 3 N–H and O–H groups in total. The fraction of sp³-hybridized carbons (Fsp3) is 0.257. The van der Waals surface area contributed by atoms with E-state index < -0.39 is 18.0 Å². The molecule has 2 unspecified atom stereocenters. The molecule has 1 saturated heterocycles. The molecule has 0 spiro atoms. The van der Waals surface area contributed by atoms with E-state index in [1.54, 1.807) is 65.6 Å². The second kappa shape index (κ2) is 14.8. The highest BCUT2D eigenvalue weighted by atomic mass is 35.5. The third-order valence-electron chi connectivity index (χ3n) is 9.13. The van der Waals surface area contributed by atoms with E-state index in [1.807, 2.05) is 10.6 Å². The lowest BCUT2D eigenvalue weighted by atomic mass is 9.83. The zero-order valence-electron chi connectivity index (χ0n) is 27.7. The maximum absolute atomic E-state index is 14.0. The summed E-state index contributed by atoms with van der Waals surface area (Å²) in [5.41, 5.74) is 3.59. The van der Waals surface area contributed by atoms with Crippen molar-refractivity contribution < 1.29 is 19.1 Å². The number of pyridine rings is 1. The van der Waals surface area contributed by atoms with Crippen LogP contribution in [0.4, 0.5) is 10.5 Å². The van der Waals surface area contributed by atoms with Gasteiger partial charge in [-0.1, -0.05) is 41.4 Å². The molecule has 3 amide bonds. The highest BCUT2D eigenvalue weighted by Crippen LogP contribution is 2.36. The van der Waals surface area contributed by atoms with Crippen LogP contribution in [0.25, 0.3) is 23.0 Å². The third kappa shape index (κ3) is 7.45. The van der Waals surface area contributed by atoms with Crippen LogP contribution >= 0.6 is 23.2 Å². The smallest absolute Gasteiger partial charge is 0.411 e. The Morgan fingerprint density at radius 2 is 1.90 bits per heavy atom. The van der Waals surface area contributed by atoms with Gasteiger partial charge in [0.1, 0.15) is 23.0 Å². The minimum Gasteiger partial charge on any atom is -0.453 e. The first-order valence-corrected chi connectivity index (χ1v) is 17.1. The number of ether oxygens (including phenoxy) is 1. The molecule has 2 aliphatic rings. The number of methoxy groups -OCH3 is 1. The van der Waals surface area contributed by atoms with Crippen LogP contribution in [0.15, 0.2) is 77.9 Å². The lowest BCUT2D eigenvalue weighted by Gasteiger charge is -2.43. The molecule has 7 rings (SSSR count). The number of anilines is 1. The van der Waals surface area contributed by atoms with Crippen LogP contribution < -0.4 is 16.2 Å². The van der Waals surface area contributed by atoms with Crippen molar-refractivity contribution in [2.24, 2.45) is 5.92 Å². The summed E-state index contributed by atoms with van der Waals surface area (Å²) in [4.78, 5) is 61.3. The number of hydrogen-bond donors (Lipinski definition) is 3. The molecule has 1 fully saturated rings. The molecule has 0 radical (unpaired) electrons. The highest BCUT2D eigenvalue weighted by Gasteiger charge is 2.37. The summed E-state index contributed by atoms with van der Waals surface area (Å²) in [6.45, 7) is 1.48. The molecule has 5 heterocycles. The van der Waals surface area contributed by atoms with E-state index in [0.717, 1.165) is 12.1 Å². The number of imidazole rings is 1. The lowest BCUT2D eigenvalue weighted by Crippen LogP contribution is -2.49. The fourth-order valence-electron chi connectivity index (χ4n) is 6.75. The Morgan fingerprint density at radius 1 is 1.08 bits per heavy atom. The van der Waals surface area contributed by atoms with E-state index in [0.29, 0.717) is 52.9 Å². The number of carbonyl (C=O) groups is 3. The first-order valence-electron chi connectivity index (χ1n) is 16.3. The molecule has 15 nitrogen and oxygen atoms in total. The number of benzene rings is 2.